The molecule has 3 rings (SSSR count). The van der Waals surface area contributed by atoms with Crippen molar-refractivity contribution in [2.24, 2.45) is 0 Å². The van der Waals surface area contributed by atoms with Crippen molar-refractivity contribution in [2.75, 3.05) is 0 Å². The zero-order valence-corrected chi connectivity index (χ0v) is 10.9. The fraction of sp³-hybridized carbons (Fsp3) is 0.231. The van der Waals surface area contributed by atoms with E-state index in [4.69, 9.17) is 0 Å². The molecule has 0 aliphatic rings. The molecule has 0 saturated heterocycles. The van der Waals surface area contributed by atoms with E-state index in [0.717, 1.165) is 11.3 Å². The minimum Gasteiger partial charge on any atom is -0.346 e. The highest BCUT2D eigenvalue weighted by atomic mass is 16.1. The third-order valence-electron chi connectivity index (χ3n) is 2.98. The van der Waals surface area contributed by atoms with Gasteiger partial charge in [-0.1, -0.05) is 6.07 Å². The summed E-state index contributed by atoms with van der Waals surface area (Å²) in [7, 11) is 0. The Hall–Kier alpha value is -2.70. The van der Waals surface area contributed by atoms with E-state index < -0.39 is 0 Å². The Bertz CT molecular complexity index is 684. The second-order valence-corrected chi connectivity index (χ2v) is 4.54. The van der Waals surface area contributed by atoms with Crippen LogP contribution in [0, 0.1) is 0 Å². The quantitative estimate of drug-likeness (QED) is 0.736. The smallest absolute Gasteiger partial charge is 0.226 e. The predicted octanol–water partition coefficient (Wildman–Crippen LogP) is 0.872. The largest absolute Gasteiger partial charge is 0.346 e. The molecule has 1 unspecified atom stereocenters. The molecule has 3 heterocycles. The normalized spacial score (nSPS) is 12.4. The minimum absolute atomic E-state index is 0.0997. The number of nitrogens with zero attached hydrogens (tertiary/aromatic N) is 4. The lowest BCUT2D eigenvalue weighted by atomic mass is 10.2. The first kappa shape index (κ1) is 12.3. The number of hydrogen-bond acceptors (Lipinski definition) is 4. The third-order valence-corrected chi connectivity index (χ3v) is 2.98. The monoisotopic (exact) mass is 270 g/mol. The molecule has 1 amide bonds. The summed E-state index contributed by atoms with van der Waals surface area (Å²) in [5.41, 5.74) is 1.57. The van der Waals surface area contributed by atoms with Crippen LogP contribution in [0.3, 0.4) is 0 Å². The van der Waals surface area contributed by atoms with Crippen LogP contribution in [0.2, 0.25) is 0 Å². The van der Waals surface area contributed by atoms with Crippen molar-refractivity contribution >= 4 is 11.6 Å². The number of aromatic amines is 1. The number of aromatic nitrogens is 5. The van der Waals surface area contributed by atoms with Crippen LogP contribution in [0.4, 0.5) is 0 Å². The van der Waals surface area contributed by atoms with E-state index >= 15 is 0 Å². The topological polar surface area (TPSA) is 88.0 Å². The van der Waals surface area contributed by atoms with E-state index in [1.807, 2.05) is 41.9 Å². The summed E-state index contributed by atoms with van der Waals surface area (Å²) >= 11 is 0. The van der Waals surface area contributed by atoms with Gasteiger partial charge in [0.2, 0.25) is 5.91 Å². The SMILES string of the molecule is CC(NC(=O)Cc1cn2ccccc2n1)c1ncn[nH]1. The van der Waals surface area contributed by atoms with Gasteiger partial charge < -0.3 is 9.72 Å². The van der Waals surface area contributed by atoms with Gasteiger partial charge in [0.05, 0.1) is 18.2 Å². The van der Waals surface area contributed by atoms with Gasteiger partial charge in [-0.2, -0.15) is 5.10 Å². The first-order valence-electron chi connectivity index (χ1n) is 6.29. The molecule has 0 aliphatic carbocycles. The van der Waals surface area contributed by atoms with Gasteiger partial charge in [-0.15, -0.1) is 0 Å². The Labute approximate surface area is 115 Å². The van der Waals surface area contributed by atoms with Crippen LogP contribution < -0.4 is 5.32 Å². The fourth-order valence-electron chi connectivity index (χ4n) is 2.02. The molecule has 0 radical (unpaired) electrons. The van der Waals surface area contributed by atoms with Crippen LogP contribution in [0.5, 0.6) is 0 Å². The lowest BCUT2D eigenvalue weighted by Crippen LogP contribution is -2.28. The van der Waals surface area contributed by atoms with Crippen molar-refractivity contribution in [2.45, 2.75) is 19.4 Å². The zero-order valence-electron chi connectivity index (χ0n) is 10.9. The molecule has 2 N–H and O–H groups in total. The predicted molar refractivity (Wildman–Crippen MR) is 71.8 cm³/mol. The summed E-state index contributed by atoms with van der Waals surface area (Å²) in [5.74, 6) is 0.533. The van der Waals surface area contributed by atoms with Gasteiger partial charge in [0, 0.05) is 12.4 Å². The van der Waals surface area contributed by atoms with E-state index in [2.05, 4.69) is 25.5 Å². The molecule has 3 aromatic rings. The highest BCUT2D eigenvalue weighted by Gasteiger charge is 2.13. The van der Waals surface area contributed by atoms with Crippen LogP contribution in [0.15, 0.2) is 36.9 Å². The van der Waals surface area contributed by atoms with Crippen LogP contribution >= 0.6 is 0 Å². The molecule has 102 valence electrons. The molecular formula is C13H14N6O. The number of amides is 1. The lowest BCUT2D eigenvalue weighted by Gasteiger charge is -2.09. The molecule has 0 aliphatic heterocycles. The first-order chi connectivity index (χ1) is 9.72. The minimum atomic E-state index is -0.206. The van der Waals surface area contributed by atoms with Crippen molar-refractivity contribution < 1.29 is 4.79 Å². The second kappa shape index (κ2) is 5.12. The molecule has 3 aromatic heterocycles. The Morgan fingerprint density at radius 3 is 3.15 bits per heavy atom. The van der Waals surface area contributed by atoms with Crippen LogP contribution in [-0.4, -0.2) is 30.5 Å². The first-order valence-corrected chi connectivity index (χ1v) is 6.29. The molecule has 0 aromatic carbocycles. The molecule has 0 saturated carbocycles. The van der Waals surface area contributed by atoms with Crippen LogP contribution in [0.1, 0.15) is 24.5 Å². The van der Waals surface area contributed by atoms with Gasteiger partial charge in [0.25, 0.3) is 0 Å². The van der Waals surface area contributed by atoms with E-state index in [9.17, 15) is 4.79 Å². The van der Waals surface area contributed by atoms with Crippen molar-refractivity contribution in [3.8, 4) is 0 Å². The van der Waals surface area contributed by atoms with E-state index in [1.165, 1.54) is 6.33 Å². The fourth-order valence-corrected chi connectivity index (χ4v) is 2.02. The third kappa shape index (κ3) is 2.51. The van der Waals surface area contributed by atoms with Gasteiger partial charge in [-0.3, -0.25) is 9.89 Å². The molecule has 1 atom stereocenters. The number of hydrogen-bond donors (Lipinski definition) is 2. The summed E-state index contributed by atoms with van der Waals surface area (Å²) in [6.07, 6.45) is 5.41. The molecule has 20 heavy (non-hydrogen) atoms. The molecule has 7 heteroatoms. The van der Waals surface area contributed by atoms with Gasteiger partial charge in [-0.25, -0.2) is 9.97 Å². The Morgan fingerprint density at radius 1 is 1.50 bits per heavy atom. The van der Waals surface area contributed by atoms with Crippen LogP contribution in [0.25, 0.3) is 5.65 Å². The number of H-pyrrole nitrogens is 1. The van der Waals surface area contributed by atoms with Crippen molar-refractivity contribution in [3.63, 3.8) is 0 Å². The Kier molecular flexibility index (Phi) is 3.16. The average molecular weight is 270 g/mol. The number of rotatable bonds is 4. The summed E-state index contributed by atoms with van der Waals surface area (Å²) in [6, 6.07) is 5.53. The highest BCUT2D eigenvalue weighted by molar-refractivity contribution is 5.78. The van der Waals surface area contributed by atoms with Gasteiger partial charge in [-0.05, 0) is 19.1 Å². The maximum Gasteiger partial charge on any atom is 0.226 e. The summed E-state index contributed by atoms with van der Waals surface area (Å²) < 4.78 is 1.89. The standard InChI is InChI=1S/C13H14N6O/c1-9(13-14-8-15-18-13)16-12(20)6-10-7-19-5-3-2-4-11(19)17-10/h2-5,7-9H,6H2,1H3,(H,16,20)(H,14,15,18). The Morgan fingerprint density at radius 2 is 2.40 bits per heavy atom. The summed E-state index contributed by atoms with van der Waals surface area (Å²) in [6.45, 7) is 1.85. The number of fused-ring (bicyclic) bond motifs is 1. The maximum absolute atomic E-state index is 12.0. The second-order valence-electron chi connectivity index (χ2n) is 4.54. The number of carbonyl (C=O) groups is 1. The molecule has 0 spiro atoms. The number of imidazole rings is 1. The van der Waals surface area contributed by atoms with Crippen molar-refractivity contribution in [1.82, 2.24) is 29.9 Å². The highest BCUT2D eigenvalue weighted by Crippen LogP contribution is 2.07. The molecule has 0 fully saturated rings. The number of carbonyl (C=O) groups excluding carboxylic acids is 1. The Balaban J connectivity index is 1.66. The van der Waals surface area contributed by atoms with E-state index in [0.29, 0.717) is 5.82 Å². The summed E-state index contributed by atoms with van der Waals surface area (Å²) in [4.78, 5) is 20.4. The lowest BCUT2D eigenvalue weighted by molar-refractivity contribution is -0.121. The van der Waals surface area contributed by atoms with E-state index in [-0.39, 0.29) is 18.4 Å². The summed E-state index contributed by atoms with van der Waals surface area (Å²) in [5, 5.41) is 9.35. The van der Waals surface area contributed by atoms with Gasteiger partial charge >= 0.3 is 0 Å². The molecule has 0 bridgehead atoms. The van der Waals surface area contributed by atoms with Crippen molar-refractivity contribution in [1.29, 1.82) is 0 Å². The number of nitrogens with one attached hydrogen (secondary N) is 2. The average Bonchev–Trinajstić information content (AvgIpc) is 3.07. The molecule has 7 nitrogen and oxygen atoms in total. The van der Waals surface area contributed by atoms with Gasteiger partial charge in [0.15, 0.2) is 0 Å². The molecular weight excluding hydrogens is 256 g/mol. The number of pyridine rings is 1. The maximum atomic E-state index is 12.0. The zero-order chi connectivity index (χ0) is 13.9. The van der Waals surface area contributed by atoms with Crippen molar-refractivity contribution in [3.05, 3.63) is 48.4 Å². The van der Waals surface area contributed by atoms with Gasteiger partial charge in [0.1, 0.15) is 17.8 Å². The van der Waals surface area contributed by atoms with E-state index in [1.54, 1.807) is 0 Å². The van der Waals surface area contributed by atoms with Crippen LogP contribution in [-0.2, 0) is 11.2 Å².